The summed E-state index contributed by atoms with van der Waals surface area (Å²) in [5.41, 5.74) is 0. The molecule has 30 heavy (non-hydrogen) atoms. The van der Waals surface area contributed by atoms with Crippen LogP contribution in [0.2, 0.25) is 0 Å². The number of aliphatic hydroxyl groups is 3. The Hall–Kier alpha value is -0.950. The summed E-state index contributed by atoms with van der Waals surface area (Å²) >= 11 is 0. The van der Waals surface area contributed by atoms with Crippen LogP contribution in [0.4, 0.5) is 0 Å². The van der Waals surface area contributed by atoms with E-state index in [1.807, 2.05) is 6.08 Å². The largest absolute Gasteiger partial charge is 0.481 e. The highest BCUT2D eigenvalue weighted by atomic mass is 16.5. The van der Waals surface area contributed by atoms with E-state index < -0.39 is 11.9 Å². The Morgan fingerprint density at radius 1 is 1.20 bits per heavy atom. The molecule has 0 aliphatic heterocycles. The number of hydrogen-bond acceptors (Lipinski definition) is 5. The molecule has 0 bridgehead atoms. The molecule has 0 heterocycles. The lowest BCUT2D eigenvalue weighted by Gasteiger charge is -2.20. The maximum Gasteiger partial charge on any atom is 0.308 e. The quantitative estimate of drug-likeness (QED) is 0.223. The van der Waals surface area contributed by atoms with Crippen molar-refractivity contribution in [3.05, 3.63) is 12.2 Å². The van der Waals surface area contributed by atoms with Crippen molar-refractivity contribution in [1.82, 2.24) is 0 Å². The first kappa shape index (κ1) is 25.3. The number of carbonyl (C=O) groups is 1. The zero-order valence-corrected chi connectivity index (χ0v) is 18.5. The third-order valence-corrected chi connectivity index (χ3v) is 7.05. The summed E-state index contributed by atoms with van der Waals surface area (Å²) in [6.07, 6.45) is 12.8. The van der Waals surface area contributed by atoms with Gasteiger partial charge in [0.25, 0.3) is 0 Å². The van der Waals surface area contributed by atoms with Crippen LogP contribution in [-0.2, 0) is 9.53 Å². The maximum absolute atomic E-state index is 11.3. The SMILES string of the molecule is CC[C@H]1C[C@H]1CC(O)C=C[C@H]1CC[C@H](O)[C@@H]1CCCCCC(COCCO)C(=O)O. The average molecular weight is 427 g/mol. The third-order valence-electron chi connectivity index (χ3n) is 7.05. The van der Waals surface area contributed by atoms with Gasteiger partial charge in [-0.05, 0) is 62.2 Å². The van der Waals surface area contributed by atoms with E-state index in [1.165, 1.54) is 12.8 Å². The van der Waals surface area contributed by atoms with E-state index in [9.17, 15) is 20.1 Å². The summed E-state index contributed by atoms with van der Waals surface area (Å²) in [6, 6.07) is 0. The molecule has 0 radical (unpaired) electrons. The smallest absolute Gasteiger partial charge is 0.308 e. The van der Waals surface area contributed by atoms with Crippen molar-refractivity contribution >= 4 is 5.97 Å². The fraction of sp³-hybridized carbons (Fsp3) is 0.875. The lowest BCUT2D eigenvalue weighted by Crippen LogP contribution is -2.21. The maximum atomic E-state index is 11.3. The van der Waals surface area contributed by atoms with E-state index in [-0.39, 0.29) is 37.9 Å². The van der Waals surface area contributed by atoms with Gasteiger partial charge in [-0.1, -0.05) is 44.8 Å². The van der Waals surface area contributed by atoms with Gasteiger partial charge in [0, 0.05) is 0 Å². The predicted molar refractivity (Wildman–Crippen MR) is 116 cm³/mol. The Kier molecular flexibility index (Phi) is 11.4. The molecule has 0 spiro atoms. The van der Waals surface area contributed by atoms with Crippen LogP contribution in [0.3, 0.4) is 0 Å². The molecular weight excluding hydrogens is 384 g/mol. The van der Waals surface area contributed by atoms with Crippen LogP contribution in [-0.4, -0.2) is 58.4 Å². The second-order valence-electron chi connectivity index (χ2n) is 9.30. The van der Waals surface area contributed by atoms with Crippen molar-refractivity contribution in [2.45, 2.75) is 83.3 Å². The van der Waals surface area contributed by atoms with Gasteiger partial charge in [-0.15, -0.1) is 0 Å². The van der Waals surface area contributed by atoms with Crippen molar-refractivity contribution in [3.8, 4) is 0 Å². The van der Waals surface area contributed by atoms with Gasteiger partial charge >= 0.3 is 5.97 Å². The highest BCUT2D eigenvalue weighted by Crippen LogP contribution is 2.44. The minimum Gasteiger partial charge on any atom is -0.481 e. The van der Waals surface area contributed by atoms with Gasteiger partial charge in [0.15, 0.2) is 0 Å². The molecule has 2 fully saturated rings. The molecule has 0 amide bonds. The van der Waals surface area contributed by atoms with Gasteiger partial charge in [0.2, 0.25) is 0 Å². The second kappa shape index (κ2) is 13.5. The summed E-state index contributed by atoms with van der Waals surface area (Å²) in [4.78, 5) is 11.3. The minimum atomic E-state index is -0.848. The Labute approximate surface area is 181 Å². The van der Waals surface area contributed by atoms with Crippen LogP contribution in [0.1, 0.15) is 71.1 Å². The van der Waals surface area contributed by atoms with Crippen LogP contribution in [0.15, 0.2) is 12.2 Å². The first-order valence-electron chi connectivity index (χ1n) is 11.9. The Balaban J connectivity index is 1.66. The van der Waals surface area contributed by atoms with Crippen LogP contribution >= 0.6 is 0 Å². The summed E-state index contributed by atoms with van der Waals surface area (Å²) in [6.45, 7) is 2.44. The van der Waals surface area contributed by atoms with Crippen molar-refractivity contribution in [3.63, 3.8) is 0 Å². The zero-order chi connectivity index (χ0) is 21.9. The normalized spacial score (nSPS) is 30.6. The highest BCUT2D eigenvalue weighted by Gasteiger charge is 2.36. The first-order valence-corrected chi connectivity index (χ1v) is 11.9. The fourth-order valence-corrected chi connectivity index (χ4v) is 5.00. The molecule has 174 valence electrons. The van der Waals surface area contributed by atoms with Crippen molar-refractivity contribution in [2.75, 3.05) is 19.8 Å². The fourth-order valence-electron chi connectivity index (χ4n) is 5.00. The van der Waals surface area contributed by atoms with E-state index in [1.54, 1.807) is 0 Å². The number of carboxylic acid groups (broad SMARTS) is 1. The van der Waals surface area contributed by atoms with E-state index in [0.29, 0.717) is 18.3 Å². The van der Waals surface area contributed by atoms with Gasteiger partial charge in [0.05, 0.1) is 37.9 Å². The molecule has 7 atom stereocenters. The topological polar surface area (TPSA) is 107 Å². The summed E-state index contributed by atoms with van der Waals surface area (Å²) in [7, 11) is 0. The number of allylic oxidation sites excluding steroid dienone is 1. The minimum absolute atomic E-state index is 0.0947. The monoisotopic (exact) mass is 426 g/mol. The average Bonchev–Trinajstić information content (AvgIpc) is 3.38. The lowest BCUT2D eigenvalue weighted by molar-refractivity contribution is -0.144. The lowest BCUT2D eigenvalue weighted by atomic mass is 9.88. The zero-order valence-electron chi connectivity index (χ0n) is 18.5. The van der Waals surface area contributed by atoms with Crippen molar-refractivity contribution in [1.29, 1.82) is 0 Å². The third kappa shape index (κ3) is 8.66. The molecule has 2 unspecified atom stereocenters. The molecule has 2 saturated carbocycles. The second-order valence-corrected chi connectivity index (χ2v) is 9.30. The molecule has 6 heteroatoms. The number of rotatable bonds is 16. The number of aliphatic carboxylic acids is 1. The van der Waals surface area contributed by atoms with Crippen LogP contribution in [0, 0.1) is 29.6 Å². The molecule has 0 aromatic heterocycles. The number of unbranched alkanes of at least 4 members (excludes halogenated alkanes) is 2. The molecule has 0 aromatic carbocycles. The first-order chi connectivity index (χ1) is 14.5. The van der Waals surface area contributed by atoms with Crippen molar-refractivity contribution in [2.24, 2.45) is 29.6 Å². The van der Waals surface area contributed by atoms with Crippen LogP contribution < -0.4 is 0 Å². The Bertz CT molecular complexity index is 522. The number of aliphatic hydroxyl groups excluding tert-OH is 3. The van der Waals surface area contributed by atoms with E-state index in [4.69, 9.17) is 9.84 Å². The van der Waals surface area contributed by atoms with Crippen LogP contribution in [0.5, 0.6) is 0 Å². The molecule has 2 aliphatic carbocycles. The molecule has 6 nitrogen and oxygen atoms in total. The predicted octanol–water partition coefficient (Wildman–Crippen LogP) is 3.39. The van der Waals surface area contributed by atoms with Gasteiger partial charge in [0.1, 0.15) is 0 Å². The highest BCUT2D eigenvalue weighted by molar-refractivity contribution is 5.70. The van der Waals surface area contributed by atoms with E-state index in [0.717, 1.165) is 50.9 Å². The van der Waals surface area contributed by atoms with E-state index in [2.05, 4.69) is 13.0 Å². The number of ether oxygens (including phenoxy) is 1. The molecular formula is C24H42O6. The molecule has 0 saturated heterocycles. The van der Waals surface area contributed by atoms with Crippen LogP contribution in [0.25, 0.3) is 0 Å². The Morgan fingerprint density at radius 2 is 2.00 bits per heavy atom. The number of carboxylic acids is 1. The molecule has 4 N–H and O–H groups in total. The molecule has 2 aliphatic rings. The van der Waals surface area contributed by atoms with E-state index >= 15 is 0 Å². The van der Waals surface area contributed by atoms with Gasteiger partial charge < -0.3 is 25.2 Å². The molecule has 0 aromatic rings. The van der Waals surface area contributed by atoms with Gasteiger partial charge in [-0.2, -0.15) is 0 Å². The van der Waals surface area contributed by atoms with Gasteiger partial charge in [-0.3, -0.25) is 4.79 Å². The summed E-state index contributed by atoms with van der Waals surface area (Å²) < 4.78 is 5.17. The Morgan fingerprint density at radius 3 is 2.67 bits per heavy atom. The summed E-state index contributed by atoms with van der Waals surface area (Å²) in [5.74, 6) is 0.679. The standard InChI is InChI=1S/C24H42O6/c1-2-17-14-20(17)15-21(26)10-8-18-9-11-23(27)22(18)7-5-3-4-6-19(24(28)29)16-30-13-12-25/h8,10,17-23,25-27H,2-7,9,11-16H2,1H3,(H,28,29)/t17-,18-,19?,20-,21?,22+,23-/m0/s1. The van der Waals surface area contributed by atoms with Gasteiger partial charge in [-0.25, -0.2) is 0 Å². The number of hydrogen-bond donors (Lipinski definition) is 4. The van der Waals surface area contributed by atoms with Crippen molar-refractivity contribution < 1.29 is 30.0 Å². The summed E-state index contributed by atoms with van der Waals surface area (Å²) in [5, 5.41) is 38.6. The molecule has 2 rings (SSSR count).